The number of ether oxygens (including phenoxy) is 1. The smallest absolute Gasteiger partial charge is 0.225 e. The van der Waals surface area contributed by atoms with Gasteiger partial charge in [-0.25, -0.2) is 9.97 Å². The topological polar surface area (TPSA) is 38.2 Å². The molecule has 1 aliphatic heterocycles. The molecule has 0 aromatic carbocycles. The van der Waals surface area contributed by atoms with Gasteiger partial charge in [-0.2, -0.15) is 0 Å². The molecule has 0 N–H and O–H groups in total. The van der Waals surface area contributed by atoms with Crippen LogP contribution < -0.4 is 4.90 Å². The number of nitrogens with zero attached hydrogens (tertiary/aromatic N) is 3. The van der Waals surface area contributed by atoms with E-state index in [0.717, 1.165) is 37.0 Å². The highest BCUT2D eigenvalue weighted by molar-refractivity contribution is 5.32. The quantitative estimate of drug-likeness (QED) is 0.696. The third-order valence-corrected chi connectivity index (χ3v) is 2.49. The molecule has 1 atom stereocenters. The van der Waals surface area contributed by atoms with Crippen molar-refractivity contribution >= 4 is 5.95 Å². The van der Waals surface area contributed by atoms with Crippen molar-refractivity contribution in [2.24, 2.45) is 0 Å². The van der Waals surface area contributed by atoms with E-state index in [2.05, 4.69) is 21.8 Å². The highest BCUT2D eigenvalue weighted by Crippen LogP contribution is 2.13. The van der Waals surface area contributed by atoms with E-state index in [1.54, 1.807) is 0 Å². The molecule has 1 aromatic heterocycles. The second-order valence-electron chi connectivity index (χ2n) is 4.08. The molecule has 2 heterocycles. The summed E-state index contributed by atoms with van der Waals surface area (Å²) in [7, 11) is 0. The average molecular weight is 207 g/mol. The Morgan fingerprint density at radius 1 is 1.33 bits per heavy atom. The fourth-order valence-corrected chi connectivity index (χ4v) is 1.85. The maximum Gasteiger partial charge on any atom is 0.225 e. The Morgan fingerprint density at radius 3 is 2.60 bits per heavy atom. The Bertz CT molecular complexity index is 333. The minimum Gasteiger partial charge on any atom is -0.375 e. The van der Waals surface area contributed by atoms with Gasteiger partial charge in [-0.05, 0) is 26.8 Å². The maximum absolute atomic E-state index is 5.49. The molecule has 0 amide bonds. The Morgan fingerprint density at radius 2 is 2.00 bits per heavy atom. The lowest BCUT2D eigenvalue weighted by molar-refractivity contribution is 0.0526. The summed E-state index contributed by atoms with van der Waals surface area (Å²) in [6.07, 6.45) is 0.267. The van der Waals surface area contributed by atoms with Gasteiger partial charge in [0, 0.05) is 24.5 Å². The van der Waals surface area contributed by atoms with Crippen LogP contribution in [0.5, 0.6) is 0 Å². The van der Waals surface area contributed by atoms with Gasteiger partial charge in [-0.1, -0.05) is 0 Å². The van der Waals surface area contributed by atoms with Crippen LogP contribution in [0, 0.1) is 13.8 Å². The SMILES string of the molecule is Cc1cc(C)nc(N2CCOC(C)C2)n1. The molecule has 0 saturated carbocycles. The first-order valence-corrected chi connectivity index (χ1v) is 5.34. The minimum absolute atomic E-state index is 0.267. The molecular formula is C11H17N3O. The van der Waals surface area contributed by atoms with Crippen LogP contribution in [0.3, 0.4) is 0 Å². The number of hydrogen-bond donors (Lipinski definition) is 0. The van der Waals surface area contributed by atoms with Gasteiger partial charge in [0.05, 0.1) is 12.7 Å². The van der Waals surface area contributed by atoms with Gasteiger partial charge in [0.1, 0.15) is 0 Å². The van der Waals surface area contributed by atoms with E-state index in [9.17, 15) is 0 Å². The van der Waals surface area contributed by atoms with E-state index in [1.807, 2.05) is 19.9 Å². The van der Waals surface area contributed by atoms with Gasteiger partial charge in [-0.15, -0.1) is 0 Å². The summed E-state index contributed by atoms with van der Waals surface area (Å²) in [5, 5.41) is 0. The summed E-state index contributed by atoms with van der Waals surface area (Å²) in [5.74, 6) is 0.836. The molecule has 1 saturated heterocycles. The molecule has 1 aliphatic rings. The Labute approximate surface area is 90.3 Å². The number of hydrogen-bond acceptors (Lipinski definition) is 4. The molecule has 0 radical (unpaired) electrons. The molecular weight excluding hydrogens is 190 g/mol. The van der Waals surface area contributed by atoms with Gasteiger partial charge in [-0.3, -0.25) is 0 Å². The zero-order valence-electron chi connectivity index (χ0n) is 9.53. The van der Waals surface area contributed by atoms with Crippen LogP contribution in [-0.4, -0.2) is 35.8 Å². The van der Waals surface area contributed by atoms with Gasteiger partial charge in [0.25, 0.3) is 0 Å². The molecule has 82 valence electrons. The van der Waals surface area contributed by atoms with Crippen molar-refractivity contribution in [3.8, 4) is 0 Å². The van der Waals surface area contributed by atoms with Crippen molar-refractivity contribution in [2.45, 2.75) is 26.9 Å². The van der Waals surface area contributed by atoms with Crippen molar-refractivity contribution in [3.05, 3.63) is 17.5 Å². The van der Waals surface area contributed by atoms with Crippen LogP contribution in [-0.2, 0) is 4.74 Å². The van der Waals surface area contributed by atoms with Crippen molar-refractivity contribution in [2.75, 3.05) is 24.6 Å². The predicted octanol–water partition coefficient (Wildman–Crippen LogP) is 1.32. The largest absolute Gasteiger partial charge is 0.375 e. The summed E-state index contributed by atoms with van der Waals surface area (Å²) in [5.41, 5.74) is 2.05. The van der Waals surface area contributed by atoms with E-state index in [4.69, 9.17) is 4.74 Å². The minimum atomic E-state index is 0.267. The fraction of sp³-hybridized carbons (Fsp3) is 0.636. The summed E-state index contributed by atoms with van der Waals surface area (Å²) in [6, 6.07) is 1.99. The van der Waals surface area contributed by atoms with Gasteiger partial charge >= 0.3 is 0 Å². The zero-order valence-corrected chi connectivity index (χ0v) is 9.53. The van der Waals surface area contributed by atoms with E-state index in [1.165, 1.54) is 0 Å². The van der Waals surface area contributed by atoms with Crippen LogP contribution >= 0.6 is 0 Å². The maximum atomic E-state index is 5.49. The Balaban J connectivity index is 2.20. The summed E-state index contributed by atoms with van der Waals surface area (Å²) in [6.45, 7) is 8.60. The van der Waals surface area contributed by atoms with E-state index in [0.29, 0.717) is 0 Å². The number of morpholine rings is 1. The van der Waals surface area contributed by atoms with Crippen molar-refractivity contribution in [3.63, 3.8) is 0 Å². The molecule has 1 unspecified atom stereocenters. The molecule has 0 spiro atoms. The molecule has 15 heavy (non-hydrogen) atoms. The van der Waals surface area contributed by atoms with E-state index >= 15 is 0 Å². The highest BCUT2D eigenvalue weighted by Gasteiger charge is 2.19. The normalized spacial score (nSPS) is 21.8. The van der Waals surface area contributed by atoms with Crippen LogP contribution in [0.4, 0.5) is 5.95 Å². The van der Waals surface area contributed by atoms with Gasteiger partial charge in [0.15, 0.2) is 0 Å². The third kappa shape index (κ3) is 2.45. The molecule has 0 aliphatic carbocycles. The number of rotatable bonds is 1. The van der Waals surface area contributed by atoms with E-state index in [-0.39, 0.29) is 6.10 Å². The van der Waals surface area contributed by atoms with Crippen LogP contribution in [0.2, 0.25) is 0 Å². The monoisotopic (exact) mass is 207 g/mol. The van der Waals surface area contributed by atoms with Crippen molar-refractivity contribution in [1.29, 1.82) is 0 Å². The van der Waals surface area contributed by atoms with E-state index < -0.39 is 0 Å². The first-order valence-electron chi connectivity index (χ1n) is 5.34. The molecule has 4 nitrogen and oxygen atoms in total. The highest BCUT2D eigenvalue weighted by atomic mass is 16.5. The predicted molar refractivity (Wildman–Crippen MR) is 59.1 cm³/mol. The number of aryl methyl sites for hydroxylation is 2. The fourth-order valence-electron chi connectivity index (χ4n) is 1.85. The lowest BCUT2D eigenvalue weighted by Crippen LogP contribution is -2.42. The lowest BCUT2D eigenvalue weighted by atomic mass is 10.3. The molecule has 0 bridgehead atoms. The van der Waals surface area contributed by atoms with Crippen LogP contribution in [0.15, 0.2) is 6.07 Å². The Kier molecular flexibility index (Phi) is 2.86. The third-order valence-electron chi connectivity index (χ3n) is 2.49. The summed E-state index contributed by atoms with van der Waals surface area (Å²) < 4.78 is 5.49. The standard InChI is InChI=1S/C11H17N3O/c1-8-6-9(2)13-11(12-8)14-4-5-15-10(3)7-14/h6,10H,4-5,7H2,1-3H3. The summed E-state index contributed by atoms with van der Waals surface area (Å²) in [4.78, 5) is 11.1. The molecule has 2 rings (SSSR count). The van der Waals surface area contributed by atoms with Gasteiger partial charge in [0.2, 0.25) is 5.95 Å². The molecule has 1 fully saturated rings. The first-order chi connectivity index (χ1) is 7.15. The van der Waals surface area contributed by atoms with Crippen molar-refractivity contribution in [1.82, 2.24) is 9.97 Å². The average Bonchev–Trinajstić information content (AvgIpc) is 2.16. The molecule has 4 heteroatoms. The zero-order chi connectivity index (χ0) is 10.8. The second kappa shape index (κ2) is 4.14. The van der Waals surface area contributed by atoms with Crippen molar-refractivity contribution < 1.29 is 4.74 Å². The van der Waals surface area contributed by atoms with Gasteiger partial charge < -0.3 is 9.64 Å². The number of anilines is 1. The lowest BCUT2D eigenvalue weighted by Gasteiger charge is -2.31. The Hall–Kier alpha value is -1.16. The number of aromatic nitrogens is 2. The summed E-state index contributed by atoms with van der Waals surface area (Å²) >= 11 is 0. The first kappa shape index (κ1) is 10.4. The van der Waals surface area contributed by atoms with Crippen LogP contribution in [0.25, 0.3) is 0 Å². The van der Waals surface area contributed by atoms with Crippen LogP contribution in [0.1, 0.15) is 18.3 Å². The second-order valence-corrected chi connectivity index (χ2v) is 4.08. The molecule has 1 aromatic rings.